The van der Waals surface area contributed by atoms with E-state index in [0.29, 0.717) is 25.4 Å². The van der Waals surface area contributed by atoms with Crippen molar-refractivity contribution in [3.05, 3.63) is 0 Å². The molecule has 0 saturated carbocycles. The number of piperidine rings is 2. The Morgan fingerprint density at radius 2 is 1.78 bits per heavy atom. The number of hydrogen-bond donors (Lipinski definition) is 1. The molecule has 2 saturated heterocycles. The van der Waals surface area contributed by atoms with Crippen LogP contribution < -0.4 is 5.32 Å². The van der Waals surface area contributed by atoms with Crippen LogP contribution in [0.4, 0.5) is 0 Å². The maximum atomic E-state index is 12.8. The van der Waals surface area contributed by atoms with E-state index in [2.05, 4.69) is 5.32 Å². The lowest BCUT2D eigenvalue weighted by Crippen LogP contribution is -2.55. The zero-order chi connectivity index (χ0) is 16.2. The summed E-state index contributed by atoms with van der Waals surface area (Å²) in [5.41, 5.74) is 0. The fourth-order valence-corrected chi connectivity index (χ4v) is 5.20. The van der Waals surface area contributed by atoms with Crippen LogP contribution in [-0.2, 0) is 14.8 Å². The third-order valence-corrected chi connectivity index (χ3v) is 6.85. The SMILES string of the molecule is CCCS(=O)(=O)N1CCCCC1C(=O)N1CCC(NC)CC1.Cl. The summed E-state index contributed by atoms with van der Waals surface area (Å²) in [5, 5.41) is 3.25. The standard InChI is InChI=1S/C15H29N3O3S.ClH/c1-3-12-22(20,21)18-9-5-4-6-14(18)15(19)17-10-7-13(16-2)8-11-17;/h13-14,16H,3-12H2,1-2H3;1H. The largest absolute Gasteiger partial charge is 0.341 e. The summed E-state index contributed by atoms with van der Waals surface area (Å²) in [7, 11) is -1.36. The Balaban J connectivity index is 0.00000264. The van der Waals surface area contributed by atoms with Gasteiger partial charge in [0.2, 0.25) is 15.9 Å². The topological polar surface area (TPSA) is 69.7 Å². The first-order chi connectivity index (χ1) is 10.5. The van der Waals surface area contributed by atoms with Gasteiger partial charge in [0.05, 0.1) is 5.75 Å². The van der Waals surface area contributed by atoms with Crippen LogP contribution in [0, 0.1) is 0 Å². The minimum absolute atomic E-state index is 0. The highest BCUT2D eigenvalue weighted by Crippen LogP contribution is 2.24. The molecule has 0 aliphatic carbocycles. The summed E-state index contributed by atoms with van der Waals surface area (Å²) in [6, 6.07) is -0.00762. The molecule has 0 aromatic rings. The second-order valence-corrected chi connectivity index (χ2v) is 8.37. The number of carbonyl (C=O) groups excluding carboxylic acids is 1. The molecule has 6 nitrogen and oxygen atoms in total. The highest BCUT2D eigenvalue weighted by Gasteiger charge is 2.38. The van der Waals surface area contributed by atoms with Gasteiger partial charge in [-0.05, 0) is 39.2 Å². The molecule has 2 fully saturated rings. The van der Waals surface area contributed by atoms with Crippen LogP contribution in [-0.4, -0.2) is 68.0 Å². The molecule has 1 amide bonds. The van der Waals surface area contributed by atoms with Crippen molar-refractivity contribution in [2.45, 2.75) is 57.5 Å². The summed E-state index contributed by atoms with van der Waals surface area (Å²) < 4.78 is 26.3. The van der Waals surface area contributed by atoms with E-state index in [-0.39, 0.29) is 24.1 Å². The van der Waals surface area contributed by atoms with Crippen LogP contribution in [0.2, 0.25) is 0 Å². The average molecular weight is 368 g/mol. The maximum Gasteiger partial charge on any atom is 0.241 e. The fraction of sp³-hybridized carbons (Fsp3) is 0.933. The Hall–Kier alpha value is -0.370. The zero-order valence-corrected chi connectivity index (χ0v) is 15.8. The Bertz CT molecular complexity index is 478. The van der Waals surface area contributed by atoms with Crippen molar-refractivity contribution >= 4 is 28.3 Å². The third kappa shape index (κ3) is 5.05. The Labute approximate surface area is 146 Å². The van der Waals surface area contributed by atoms with Gasteiger partial charge in [0.1, 0.15) is 6.04 Å². The second-order valence-electron chi connectivity index (χ2n) is 6.33. The maximum absolute atomic E-state index is 12.8. The number of hydrogen-bond acceptors (Lipinski definition) is 4. The molecule has 2 aliphatic rings. The first-order valence-corrected chi connectivity index (χ1v) is 10.1. The van der Waals surface area contributed by atoms with Gasteiger partial charge in [0, 0.05) is 25.7 Å². The molecule has 8 heteroatoms. The van der Waals surface area contributed by atoms with Gasteiger partial charge in [0.25, 0.3) is 0 Å². The average Bonchev–Trinajstić information content (AvgIpc) is 2.54. The molecule has 1 atom stereocenters. The van der Waals surface area contributed by atoms with Crippen molar-refractivity contribution in [1.82, 2.24) is 14.5 Å². The highest BCUT2D eigenvalue weighted by atomic mass is 35.5. The number of sulfonamides is 1. The number of amides is 1. The van der Waals surface area contributed by atoms with E-state index in [1.54, 1.807) is 0 Å². The second kappa shape index (κ2) is 9.20. The minimum Gasteiger partial charge on any atom is -0.341 e. The molecular formula is C15H30ClN3O3S. The molecule has 0 aromatic carbocycles. The van der Waals surface area contributed by atoms with Crippen LogP contribution >= 0.6 is 12.4 Å². The van der Waals surface area contributed by atoms with Gasteiger partial charge in [-0.2, -0.15) is 4.31 Å². The Morgan fingerprint density at radius 3 is 2.35 bits per heavy atom. The lowest BCUT2D eigenvalue weighted by atomic mass is 10.0. The first kappa shape index (κ1) is 20.7. The molecule has 0 bridgehead atoms. The molecule has 0 aromatic heterocycles. The van der Waals surface area contributed by atoms with Gasteiger partial charge in [-0.25, -0.2) is 8.42 Å². The van der Waals surface area contributed by atoms with E-state index < -0.39 is 16.1 Å². The van der Waals surface area contributed by atoms with Crippen molar-refractivity contribution in [2.75, 3.05) is 32.4 Å². The van der Waals surface area contributed by atoms with Crippen LogP contribution in [0.25, 0.3) is 0 Å². The Kier molecular flexibility index (Phi) is 8.27. The molecule has 1 N–H and O–H groups in total. The lowest BCUT2D eigenvalue weighted by Gasteiger charge is -2.39. The Morgan fingerprint density at radius 1 is 1.13 bits per heavy atom. The number of halogens is 1. The monoisotopic (exact) mass is 367 g/mol. The molecular weight excluding hydrogens is 338 g/mol. The molecule has 0 spiro atoms. The molecule has 1 unspecified atom stereocenters. The van der Waals surface area contributed by atoms with Crippen LogP contribution in [0.1, 0.15) is 45.4 Å². The highest BCUT2D eigenvalue weighted by molar-refractivity contribution is 7.89. The van der Waals surface area contributed by atoms with Gasteiger partial charge in [-0.15, -0.1) is 12.4 Å². The van der Waals surface area contributed by atoms with E-state index >= 15 is 0 Å². The fourth-order valence-electron chi connectivity index (χ4n) is 3.46. The molecule has 136 valence electrons. The predicted molar refractivity (Wildman–Crippen MR) is 94.3 cm³/mol. The number of carbonyl (C=O) groups is 1. The number of rotatable bonds is 5. The smallest absolute Gasteiger partial charge is 0.241 e. The quantitative estimate of drug-likeness (QED) is 0.793. The van der Waals surface area contributed by atoms with E-state index in [1.165, 1.54) is 4.31 Å². The summed E-state index contributed by atoms with van der Waals surface area (Å²) in [6.45, 7) is 3.80. The summed E-state index contributed by atoms with van der Waals surface area (Å²) in [5.74, 6) is 0.146. The van der Waals surface area contributed by atoms with Crippen molar-refractivity contribution in [3.63, 3.8) is 0 Å². The molecule has 23 heavy (non-hydrogen) atoms. The van der Waals surface area contributed by atoms with Gasteiger partial charge >= 0.3 is 0 Å². The van der Waals surface area contributed by atoms with Gasteiger partial charge < -0.3 is 10.2 Å². The van der Waals surface area contributed by atoms with Crippen molar-refractivity contribution < 1.29 is 13.2 Å². The van der Waals surface area contributed by atoms with E-state index in [1.807, 2.05) is 18.9 Å². The van der Waals surface area contributed by atoms with Crippen LogP contribution in [0.3, 0.4) is 0 Å². The number of nitrogens with one attached hydrogen (secondary N) is 1. The van der Waals surface area contributed by atoms with Gasteiger partial charge in [-0.1, -0.05) is 13.3 Å². The molecule has 0 radical (unpaired) electrons. The number of likely N-dealkylation sites (tertiary alicyclic amines) is 1. The van der Waals surface area contributed by atoms with Gasteiger partial charge in [-0.3, -0.25) is 4.79 Å². The van der Waals surface area contributed by atoms with Crippen molar-refractivity contribution in [3.8, 4) is 0 Å². The lowest BCUT2D eigenvalue weighted by molar-refractivity contribution is -0.137. The summed E-state index contributed by atoms with van der Waals surface area (Å²) >= 11 is 0. The van der Waals surface area contributed by atoms with Crippen LogP contribution in [0.5, 0.6) is 0 Å². The first-order valence-electron chi connectivity index (χ1n) is 8.45. The third-order valence-electron chi connectivity index (χ3n) is 4.77. The predicted octanol–water partition coefficient (Wildman–Crippen LogP) is 1.21. The van der Waals surface area contributed by atoms with E-state index in [9.17, 15) is 13.2 Å². The van der Waals surface area contributed by atoms with Crippen molar-refractivity contribution in [2.24, 2.45) is 0 Å². The molecule has 2 aliphatic heterocycles. The molecule has 2 rings (SSSR count). The zero-order valence-electron chi connectivity index (χ0n) is 14.2. The normalized spacial score (nSPS) is 24.3. The molecule has 2 heterocycles. The van der Waals surface area contributed by atoms with Crippen molar-refractivity contribution in [1.29, 1.82) is 0 Å². The van der Waals surface area contributed by atoms with Gasteiger partial charge in [0.15, 0.2) is 0 Å². The van der Waals surface area contributed by atoms with Crippen LogP contribution in [0.15, 0.2) is 0 Å². The summed E-state index contributed by atoms with van der Waals surface area (Å²) in [4.78, 5) is 14.7. The minimum atomic E-state index is -3.31. The summed E-state index contributed by atoms with van der Waals surface area (Å²) in [6.07, 6.45) is 4.92. The van der Waals surface area contributed by atoms with E-state index in [0.717, 1.165) is 38.8 Å². The van der Waals surface area contributed by atoms with E-state index in [4.69, 9.17) is 0 Å². The number of nitrogens with zero attached hydrogens (tertiary/aromatic N) is 2.